The van der Waals surface area contributed by atoms with Crippen LogP contribution in [0.1, 0.15) is 40.5 Å². The molecule has 204 valence electrons. The maximum atomic E-state index is 15.3. The molecule has 2 aliphatic rings. The summed E-state index contributed by atoms with van der Waals surface area (Å²) in [6, 6.07) is 18.7. The second-order valence-electron chi connectivity index (χ2n) is 10.4. The average molecular weight is 543 g/mol. The Morgan fingerprint density at radius 3 is 2.50 bits per heavy atom. The number of benzene rings is 3. The lowest BCUT2D eigenvalue weighted by Gasteiger charge is -2.29. The molecule has 1 atom stereocenters. The SMILES string of the molecule is O=C1CN(Cc2c(C(=O)N[C@H](c3cccc(F)c3)C3CC3)c3cccc(F)c3c(=O)n2-c2ccccc2)CCN1. The summed E-state index contributed by atoms with van der Waals surface area (Å²) in [6.07, 6.45) is 1.77. The lowest BCUT2D eigenvalue weighted by Crippen LogP contribution is -2.48. The summed E-state index contributed by atoms with van der Waals surface area (Å²) < 4.78 is 30.8. The maximum absolute atomic E-state index is 15.3. The number of amides is 2. The normalized spacial score (nSPS) is 16.5. The smallest absolute Gasteiger partial charge is 0.266 e. The lowest BCUT2D eigenvalue weighted by atomic mass is 9.98. The molecule has 1 saturated carbocycles. The average Bonchev–Trinajstić information content (AvgIpc) is 3.78. The van der Waals surface area contributed by atoms with E-state index >= 15 is 4.39 Å². The Morgan fingerprint density at radius 1 is 1.00 bits per heavy atom. The van der Waals surface area contributed by atoms with Crippen LogP contribution in [0.5, 0.6) is 0 Å². The predicted molar refractivity (Wildman–Crippen MR) is 147 cm³/mol. The van der Waals surface area contributed by atoms with E-state index in [1.54, 1.807) is 48.5 Å². The van der Waals surface area contributed by atoms with Gasteiger partial charge >= 0.3 is 0 Å². The quantitative estimate of drug-likeness (QED) is 0.369. The van der Waals surface area contributed by atoms with Gasteiger partial charge in [-0.25, -0.2) is 8.78 Å². The van der Waals surface area contributed by atoms with Gasteiger partial charge in [0.05, 0.1) is 29.2 Å². The van der Waals surface area contributed by atoms with Crippen LogP contribution < -0.4 is 16.2 Å². The third-order valence-corrected chi connectivity index (χ3v) is 7.58. The molecule has 0 radical (unpaired) electrons. The molecule has 3 aromatic carbocycles. The van der Waals surface area contributed by atoms with E-state index in [0.717, 1.165) is 12.8 Å². The minimum atomic E-state index is -0.728. The first-order valence-electron chi connectivity index (χ1n) is 13.4. The van der Waals surface area contributed by atoms with Crippen molar-refractivity contribution in [1.82, 2.24) is 20.1 Å². The van der Waals surface area contributed by atoms with Gasteiger partial charge in [0, 0.05) is 30.7 Å². The highest BCUT2D eigenvalue weighted by Gasteiger charge is 2.35. The molecule has 0 spiro atoms. The maximum Gasteiger partial charge on any atom is 0.266 e. The van der Waals surface area contributed by atoms with Gasteiger partial charge in [-0.15, -0.1) is 0 Å². The number of hydrogen-bond acceptors (Lipinski definition) is 4. The molecule has 2 N–H and O–H groups in total. The molecular formula is C31H28F2N4O3. The van der Waals surface area contributed by atoms with Crippen LogP contribution in [0, 0.1) is 17.6 Å². The number of carbonyl (C=O) groups is 2. The Kier molecular flexibility index (Phi) is 6.89. The molecule has 2 amide bonds. The van der Waals surface area contributed by atoms with Crippen molar-refractivity contribution in [2.24, 2.45) is 5.92 Å². The van der Waals surface area contributed by atoms with Crippen molar-refractivity contribution in [3.63, 3.8) is 0 Å². The predicted octanol–water partition coefficient (Wildman–Crippen LogP) is 4.08. The van der Waals surface area contributed by atoms with E-state index in [-0.39, 0.29) is 41.3 Å². The molecule has 4 aromatic rings. The third-order valence-electron chi connectivity index (χ3n) is 7.58. The van der Waals surface area contributed by atoms with E-state index in [9.17, 15) is 18.8 Å². The molecule has 1 aromatic heterocycles. The van der Waals surface area contributed by atoms with Gasteiger partial charge in [-0.2, -0.15) is 0 Å². The number of hydrogen-bond donors (Lipinski definition) is 2. The lowest BCUT2D eigenvalue weighted by molar-refractivity contribution is -0.124. The van der Waals surface area contributed by atoms with Gasteiger partial charge < -0.3 is 10.6 Å². The molecule has 1 aliphatic heterocycles. The van der Waals surface area contributed by atoms with Crippen molar-refractivity contribution in [1.29, 1.82) is 0 Å². The van der Waals surface area contributed by atoms with Crippen molar-refractivity contribution in [3.05, 3.63) is 112 Å². The number of carbonyl (C=O) groups excluding carboxylic acids is 2. The van der Waals surface area contributed by atoms with Gasteiger partial charge in [0.2, 0.25) is 5.91 Å². The fourth-order valence-electron chi connectivity index (χ4n) is 5.56. The Labute approximate surface area is 229 Å². The van der Waals surface area contributed by atoms with Crippen LogP contribution in [0.25, 0.3) is 16.5 Å². The number of pyridine rings is 1. The zero-order valence-electron chi connectivity index (χ0n) is 21.7. The van der Waals surface area contributed by atoms with E-state index in [4.69, 9.17) is 0 Å². The summed E-state index contributed by atoms with van der Waals surface area (Å²) in [4.78, 5) is 42.2. The van der Waals surface area contributed by atoms with Crippen molar-refractivity contribution in [3.8, 4) is 5.69 Å². The minimum absolute atomic E-state index is 0.0964. The second kappa shape index (κ2) is 10.7. The van der Waals surface area contributed by atoms with E-state index in [2.05, 4.69) is 10.6 Å². The number of fused-ring (bicyclic) bond motifs is 1. The van der Waals surface area contributed by atoms with E-state index in [1.165, 1.54) is 28.8 Å². The Bertz CT molecular complexity index is 1670. The topological polar surface area (TPSA) is 83.4 Å². The third kappa shape index (κ3) is 5.00. The summed E-state index contributed by atoms with van der Waals surface area (Å²) in [6.45, 7) is 1.16. The van der Waals surface area contributed by atoms with Gasteiger partial charge in [-0.1, -0.05) is 42.5 Å². The summed E-state index contributed by atoms with van der Waals surface area (Å²) in [5.41, 5.74) is 1.06. The molecule has 2 heterocycles. The number of aromatic nitrogens is 1. The zero-order chi connectivity index (χ0) is 27.8. The van der Waals surface area contributed by atoms with Crippen LogP contribution in [0.2, 0.25) is 0 Å². The molecule has 1 aliphatic carbocycles. The molecule has 2 fully saturated rings. The second-order valence-corrected chi connectivity index (χ2v) is 10.4. The Balaban J connectivity index is 1.55. The van der Waals surface area contributed by atoms with Gasteiger partial charge in [0.25, 0.3) is 11.5 Å². The van der Waals surface area contributed by atoms with E-state index in [1.807, 2.05) is 4.90 Å². The molecule has 0 unspecified atom stereocenters. The number of rotatable bonds is 7. The molecule has 6 rings (SSSR count). The largest absolute Gasteiger partial charge is 0.354 e. The van der Waals surface area contributed by atoms with Crippen molar-refractivity contribution >= 4 is 22.6 Å². The van der Waals surface area contributed by atoms with E-state index in [0.29, 0.717) is 30.0 Å². The van der Waals surface area contributed by atoms with E-state index < -0.39 is 29.1 Å². The zero-order valence-corrected chi connectivity index (χ0v) is 21.7. The highest BCUT2D eigenvalue weighted by molar-refractivity contribution is 6.08. The number of nitrogens with zero attached hydrogens (tertiary/aromatic N) is 2. The van der Waals surface area contributed by atoms with Gasteiger partial charge in [0.1, 0.15) is 11.6 Å². The van der Waals surface area contributed by atoms with Crippen LogP contribution in [-0.2, 0) is 11.3 Å². The van der Waals surface area contributed by atoms with Gasteiger partial charge in [-0.05, 0) is 54.7 Å². The standard InChI is InChI=1S/C31H28F2N4O3/c32-21-7-4-6-20(16-21)29(19-12-13-19)35-30(39)28-23-10-5-11-24(33)27(23)31(40)37(22-8-2-1-3-9-22)25(28)17-36-15-14-34-26(38)18-36/h1-11,16,19,29H,12-15,17-18H2,(H,34,38)(H,35,39)/t29-/m0/s1. The summed E-state index contributed by atoms with van der Waals surface area (Å²) in [5, 5.41) is 5.89. The minimum Gasteiger partial charge on any atom is -0.354 e. The van der Waals surface area contributed by atoms with Crippen LogP contribution >= 0.6 is 0 Å². The molecule has 1 saturated heterocycles. The van der Waals surface area contributed by atoms with Crippen molar-refractivity contribution < 1.29 is 18.4 Å². The number of nitrogens with one attached hydrogen (secondary N) is 2. The molecule has 0 bridgehead atoms. The Morgan fingerprint density at radius 2 is 1.77 bits per heavy atom. The summed E-state index contributed by atoms with van der Waals surface area (Å²) >= 11 is 0. The summed E-state index contributed by atoms with van der Waals surface area (Å²) in [5.74, 6) is -1.63. The first-order valence-corrected chi connectivity index (χ1v) is 13.4. The van der Waals surface area contributed by atoms with Crippen LogP contribution in [0.4, 0.5) is 8.78 Å². The summed E-state index contributed by atoms with van der Waals surface area (Å²) in [7, 11) is 0. The molecule has 9 heteroatoms. The number of para-hydroxylation sites is 1. The van der Waals surface area contributed by atoms with Crippen LogP contribution in [-0.4, -0.2) is 40.9 Å². The Hall–Kier alpha value is -4.37. The molecule has 40 heavy (non-hydrogen) atoms. The van der Waals surface area contributed by atoms with Crippen LogP contribution in [0.3, 0.4) is 0 Å². The molecular weight excluding hydrogens is 514 g/mol. The van der Waals surface area contributed by atoms with Gasteiger partial charge in [0.15, 0.2) is 0 Å². The fraction of sp³-hybridized carbons (Fsp3) is 0.258. The first-order chi connectivity index (χ1) is 19.4. The van der Waals surface area contributed by atoms with Crippen molar-refractivity contribution in [2.75, 3.05) is 19.6 Å². The highest BCUT2D eigenvalue weighted by Crippen LogP contribution is 2.41. The monoisotopic (exact) mass is 542 g/mol. The highest BCUT2D eigenvalue weighted by atomic mass is 19.1. The fourth-order valence-corrected chi connectivity index (χ4v) is 5.56. The first kappa shape index (κ1) is 25.9. The van der Waals surface area contributed by atoms with Crippen LogP contribution in [0.15, 0.2) is 77.6 Å². The number of piperazine rings is 1. The molecule has 7 nitrogen and oxygen atoms in total. The van der Waals surface area contributed by atoms with Gasteiger partial charge in [-0.3, -0.25) is 23.9 Å². The van der Waals surface area contributed by atoms with Crippen molar-refractivity contribution in [2.45, 2.75) is 25.4 Å². The number of halogens is 2.